The minimum atomic E-state index is 0.257. The van der Waals surface area contributed by atoms with Crippen LogP contribution in [0.1, 0.15) is 69.8 Å². The maximum atomic E-state index is 12.7. The van der Waals surface area contributed by atoms with Crippen LogP contribution in [-0.2, 0) is 16.0 Å². The molecule has 2 unspecified atom stereocenters. The number of fused-ring (bicyclic) bond motifs is 1. The van der Waals surface area contributed by atoms with Crippen LogP contribution in [0.2, 0.25) is 0 Å². The molecule has 1 aromatic carbocycles. The molecule has 27 heavy (non-hydrogen) atoms. The average Bonchev–Trinajstić information content (AvgIpc) is 2.72. The lowest BCUT2D eigenvalue weighted by molar-refractivity contribution is -0.137. The Balaban J connectivity index is 1.37. The van der Waals surface area contributed by atoms with E-state index in [0.29, 0.717) is 31.7 Å². The zero-order valence-corrected chi connectivity index (χ0v) is 16.6. The first kappa shape index (κ1) is 19.9. The highest BCUT2D eigenvalue weighted by Gasteiger charge is 2.35. The van der Waals surface area contributed by atoms with Gasteiger partial charge in [0, 0.05) is 31.8 Å². The number of ketones is 1. The van der Waals surface area contributed by atoms with Gasteiger partial charge < -0.3 is 9.64 Å². The lowest BCUT2D eigenvalue weighted by Gasteiger charge is -2.44. The van der Waals surface area contributed by atoms with Crippen molar-refractivity contribution in [3.05, 3.63) is 29.8 Å². The number of ether oxygens (including phenoxy) is 1. The zero-order valence-electron chi connectivity index (χ0n) is 16.6. The van der Waals surface area contributed by atoms with Crippen molar-refractivity contribution < 1.29 is 14.3 Å². The first-order valence-electron chi connectivity index (χ1n) is 10.6. The summed E-state index contributed by atoms with van der Waals surface area (Å²) in [5.74, 6) is 2.09. The van der Waals surface area contributed by atoms with Gasteiger partial charge in [0.2, 0.25) is 5.91 Å². The minimum Gasteiger partial charge on any atom is -0.497 e. The molecule has 1 amide bonds. The fourth-order valence-electron chi connectivity index (χ4n) is 4.72. The maximum absolute atomic E-state index is 12.7. The van der Waals surface area contributed by atoms with Gasteiger partial charge in [-0.2, -0.15) is 0 Å². The molecule has 2 fully saturated rings. The summed E-state index contributed by atoms with van der Waals surface area (Å²) in [4.78, 5) is 27.0. The number of aryl methyl sites for hydroxylation is 1. The Morgan fingerprint density at radius 2 is 1.74 bits per heavy atom. The van der Waals surface area contributed by atoms with Crippen LogP contribution < -0.4 is 4.74 Å². The van der Waals surface area contributed by atoms with E-state index in [2.05, 4.69) is 4.90 Å². The van der Waals surface area contributed by atoms with Crippen molar-refractivity contribution in [3.63, 3.8) is 0 Å². The highest BCUT2D eigenvalue weighted by molar-refractivity contribution is 5.80. The Bertz CT molecular complexity index is 623. The second kappa shape index (κ2) is 9.91. The molecule has 2 aliphatic rings. The van der Waals surface area contributed by atoms with Crippen LogP contribution in [0.15, 0.2) is 24.3 Å². The van der Waals surface area contributed by atoms with Crippen molar-refractivity contribution in [1.29, 1.82) is 0 Å². The highest BCUT2D eigenvalue weighted by atomic mass is 16.5. The SMILES string of the molecule is COc1ccc(CCC(=O)CCCC(=O)N2CCCC3CCCCC32)cc1. The first-order valence-corrected chi connectivity index (χ1v) is 10.6. The molecule has 1 aromatic rings. The molecule has 1 heterocycles. The van der Waals surface area contributed by atoms with Gasteiger partial charge >= 0.3 is 0 Å². The van der Waals surface area contributed by atoms with E-state index >= 15 is 0 Å². The van der Waals surface area contributed by atoms with Crippen LogP contribution in [0.25, 0.3) is 0 Å². The number of methoxy groups -OCH3 is 1. The van der Waals surface area contributed by atoms with Crippen molar-refractivity contribution in [2.75, 3.05) is 13.7 Å². The number of hydrogen-bond acceptors (Lipinski definition) is 3. The van der Waals surface area contributed by atoms with Crippen molar-refractivity contribution in [2.45, 2.75) is 76.7 Å². The van der Waals surface area contributed by atoms with E-state index in [-0.39, 0.29) is 11.7 Å². The smallest absolute Gasteiger partial charge is 0.222 e. The van der Waals surface area contributed by atoms with Gasteiger partial charge in [0.05, 0.1) is 7.11 Å². The molecule has 0 spiro atoms. The van der Waals surface area contributed by atoms with E-state index in [0.717, 1.165) is 36.6 Å². The van der Waals surface area contributed by atoms with Crippen molar-refractivity contribution in [1.82, 2.24) is 4.90 Å². The van der Waals surface area contributed by atoms with Crippen molar-refractivity contribution in [3.8, 4) is 5.75 Å². The van der Waals surface area contributed by atoms with E-state index in [9.17, 15) is 9.59 Å². The number of rotatable bonds is 8. The Morgan fingerprint density at radius 3 is 2.52 bits per heavy atom. The molecule has 3 rings (SSSR count). The van der Waals surface area contributed by atoms with Gasteiger partial charge in [-0.25, -0.2) is 0 Å². The molecule has 0 aromatic heterocycles. The minimum absolute atomic E-state index is 0.257. The third-order valence-electron chi connectivity index (χ3n) is 6.26. The molecular formula is C23H33NO3. The number of hydrogen-bond donors (Lipinski definition) is 0. The molecule has 4 heteroatoms. The molecule has 1 aliphatic heterocycles. The predicted molar refractivity (Wildman–Crippen MR) is 107 cm³/mol. The molecule has 0 radical (unpaired) electrons. The molecule has 2 atom stereocenters. The predicted octanol–water partition coefficient (Wildman–Crippen LogP) is 4.55. The monoisotopic (exact) mass is 371 g/mol. The number of carbonyl (C=O) groups is 2. The Kier molecular flexibility index (Phi) is 7.31. The van der Waals surface area contributed by atoms with E-state index in [1.165, 1.54) is 32.1 Å². The van der Waals surface area contributed by atoms with Crippen molar-refractivity contribution >= 4 is 11.7 Å². The summed E-state index contributed by atoms with van der Waals surface area (Å²) >= 11 is 0. The van der Waals surface area contributed by atoms with Crippen molar-refractivity contribution in [2.24, 2.45) is 5.92 Å². The number of likely N-dealkylation sites (tertiary alicyclic amines) is 1. The molecule has 4 nitrogen and oxygen atoms in total. The summed E-state index contributed by atoms with van der Waals surface area (Å²) in [5.41, 5.74) is 1.15. The van der Waals surface area contributed by atoms with Crippen LogP contribution >= 0.6 is 0 Å². The van der Waals surface area contributed by atoms with Crippen LogP contribution in [0, 0.1) is 5.92 Å². The topological polar surface area (TPSA) is 46.6 Å². The van der Waals surface area contributed by atoms with E-state index in [1.54, 1.807) is 7.11 Å². The summed E-state index contributed by atoms with van der Waals surface area (Å²) in [5, 5.41) is 0. The highest BCUT2D eigenvalue weighted by Crippen LogP contribution is 2.35. The average molecular weight is 372 g/mol. The maximum Gasteiger partial charge on any atom is 0.222 e. The third kappa shape index (κ3) is 5.57. The summed E-state index contributed by atoms with van der Waals surface area (Å²) < 4.78 is 5.15. The van der Waals surface area contributed by atoms with Gasteiger partial charge in [0.25, 0.3) is 0 Å². The van der Waals surface area contributed by atoms with Gasteiger partial charge in [0.1, 0.15) is 11.5 Å². The van der Waals surface area contributed by atoms with Gasteiger partial charge in [-0.3, -0.25) is 9.59 Å². The first-order chi connectivity index (χ1) is 13.2. The fourth-order valence-corrected chi connectivity index (χ4v) is 4.72. The third-order valence-corrected chi connectivity index (χ3v) is 6.26. The largest absolute Gasteiger partial charge is 0.497 e. The van der Waals surface area contributed by atoms with Crippen LogP contribution in [0.4, 0.5) is 0 Å². The standard InChI is InChI=1S/C23H33NO3/c1-27-21-15-12-18(13-16-21)11-14-20(25)8-4-10-23(26)24-17-5-7-19-6-2-3-9-22(19)24/h12-13,15-16,19,22H,2-11,14,17H2,1H3. The normalized spacial score (nSPS) is 22.2. The number of Topliss-reactive ketones (excluding diaryl/α,β-unsaturated/α-hetero) is 1. The molecule has 148 valence electrons. The Labute approximate surface area is 163 Å². The quantitative estimate of drug-likeness (QED) is 0.673. The van der Waals surface area contributed by atoms with E-state index in [1.807, 2.05) is 24.3 Å². The number of piperidine rings is 1. The Hall–Kier alpha value is -1.84. The Morgan fingerprint density at radius 1 is 1.00 bits per heavy atom. The summed E-state index contributed by atoms with van der Waals surface area (Å²) in [6.45, 7) is 0.922. The summed E-state index contributed by atoms with van der Waals surface area (Å²) in [6, 6.07) is 8.34. The molecule has 0 bridgehead atoms. The van der Waals surface area contributed by atoms with E-state index < -0.39 is 0 Å². The molecule has 1 saturated heterocycles. The number of carbonyl (C=O) groups excluding carboxylic acids is 2. The zero-order chi connectivity index (χ0) is 19.1. The number of amides is 1. The fraction of sp³-hybridized carbons (Fsp3) is 0.652. The summed E-state index contributed by atoms with van der Waals surface area (Å²) in [6.07, 6.45) is 10.5. The van der Waals surface area contributed by atoms with E-state index in [4.69, 9.17) is 4.74 Å². The van der Waals surface area contributed by atoms with Gasteiger partial charge in [-0.15, -0.1) is 0 Å². The second-order valence-corrected chi connectivity index (χ2v) is 8.08. The number of nitrogens with zero attached hydrogens (tertiary/aromatic N) is 1. The van der Waals surface area contributed by atoms with Gasteiger partial charge in [-0.1, -0.05) is 25.0 Å². The summed E-state index contributed by atoms with van der Waals surface area (Å²) in [7, 11) is 1.65. The van der Waals surface area contributed by atoms with Crippen LogP contribution in [0.3, 0.4) is 0 Å². The molecule has 0 N–H and O–H groups in total. The lowest BCUT2D eigenvalue weighted by atomic mass is 9.78. The van der Waals surface area contributed by atoms with Crippen LogP contribution in [0.5, 0.6) is 5.75 Å². The van der Waals surface area contributed by atoms with Gasteiger partial charge in [0.15, 0.2) is 0 Å². The number of benzene rings is 1. The molecule has 1 saturated carbocycles. The lowest BCUT2D eigenvalue weighted by Crippen LogP contribution is -2.49. The second-order valence-electron chi connectivity index (χ2n) is 8.08. The molecular weight excluding hydrogens is 338 g/mol. The van der Waals surface area contributed by atoms with Gasteiger partial charge in [-0.05, 0) is 62.1 Å². The molecule has 1 aliphatic carbocycles. The van der Waals surface area contributed by atoms with Crippen LogP contribution in [-0.4, -0.2) is 36.3 Å².